The molecule has 0 bridgehead atoms. The van der Waals surface area contributed by atoms with Gasteiger partial charge < -0.3 is 4.74 Å². The third-order valence-electron chi connectivity index (χ3n) is 2.45. The molecule has 0 spiro atoms. The van der Waals surface area contributed by atoms with Gasteiger partial charge in [0.2, 0.25) is 0 Å². The van der Waals surface area contributed by atoms with Gasteiger partial charge in [0.05, 0.1) is 6.10 Å². The van der Waals surface area contributed by atoms with Crippen molar-refractivity contribution in [3.8, 4) is 0 Å². The normalized spacial score (nSPS) is 25.2. The van der Waals surface area contributed by atoms with Crippen LogP contribution < -0.4 is 0 Å². The molecule has 0 aromatic rings. The zero-order chi connectivity index (χ0) is 8.65. The van der Waals surface area contributed by atoms with E-state index in [-0.39, 0.29) is 0 Å². The van der Waals surface area contributed by atoms with Crippen LogP contribution in [0.5, 0.6) is 0 Å². The predicted molar refractivity (Wildman–Crippen MR) is 52.0 cm³/mol. The van der Waals surface area contributed by atoms with E-state index < -0.39 is 0 Å². The van der Waals surface area contributed by atoms with Crippen LogP contribution in [-0.2, 0) is 4.74 Å². The number of unbranched alkanes of at least 4 members (excludes halogenated alkanes) is 2. The molecule has 1 unspecified atom stereocenters. The SMILES string of the molecule is CCCC[CH]C1CCCCCO1. The molecule has 1 aliphatic heterocycles. The van der Waals surface area contributed by atoms with Crippen molar-refractivity contribution in [3.63, 3.8) is 0 Å². The summed E-state index contributed by atoms with van der Waals surface area (Å²) in [6, 6.07) is 0. The van der Waals surface area contributed by atoms with Crippen molar-refractivity contribution in [1.82, 2.24) is 0 Å². The maximum Gasteiger partial charge on any atom is 0.0606 e. The van der Waals surface area contributed by atoms with Crippen molar-refractivity contribution in [1.29, 1.82) is 0 Å². The monoisotopic (exact) mass is 169 g/mol. The first-order valence-electron chi connectivity index (χ1n) is 5.38. The van der Waals surface area contributed by atoms with E-state index in [0.717, 1.165) is 6.61 Å². The Kier molecular flexibility index (Phi) is 5.42. The third-order valence-corrected chi connectivity index (χ3v) is 2.45. The molecule has 0 aromatic carbocycles. The van der Waals surface area contributed by atoms with Crippen LogP contribution >= 0.6 is 0 Å². The highest BCUT2D eigenvalue weighted by molar-refractivity contribution is 4.78. The third kappa shape index (κ3) is 4.10. The Balaban J connectivity index is 2.04. The van der Waals surface area contributed by atoms with Crippen molar-refractivity contribution in [3.05, 3.63) is 6.42 Å². The molecule has 1 rings (SSSR count). The van der Waals surface area contributed by atoms with E-state index in [1.807, 2.05) is 0 Å². The van der Waals surface area contributed by atoms with E-state index in [4.69, 9.17) is 4.74 Å². The van der Waals surface area contributed by atoms with Gasteiger partial charge in [0, 0.05) is 6.61 Å². The van der Waals surface area contributed by atoms with Crippen LogP contribution in [0, 0.1) is 6.42 Å². The lowest BCUT2D eigenvalue weighted by atomic mass is 10.1. The van der Waals surface area contributed by atoms with E-state index in [9.17, 15) is 0 Å². The number of rotatable bonds is 4. The molecular weight excluding hydrogens is 148 g/mol. The summed E-state index contributed by atoms with van der Waals surface area (Å²) < 4.78 is 5.69. The Morgan fingerprint density at radius 1 is 1.33 bits per heavy atom. The summed E-state index contributed by atoms with van der Waals surface area (Å²) in [6.07, 6.45) is 11.9. The van der Waals surface area contributed by atoms with E-state index >= 15 is 0 Å². The summed E-state index contributed by atoms with van der Waals surface area (Å²) in [5, 5.41) is 0. The summed E-state index contributed by atoms with van der Waals surface area (Å²) in [5.41, 5.74) is 0. The van der Waals surface area contributed by atoms with Crippen LogP contribution in [0.3, 0.4) is 0 Å². The van der Waals surface area contributed by atoms with Gasteiger partial charge in [0.15, 0.2) is 0 Å². The first-order chi connectivity index (χ1) is 5.93. The molecule has 1 atom stereocenters. The van der Waals surface area contributed by atoms with Gasteiger partial charge in [-0.05, 0) is 25.7 Å². The summed E-state index contributed by atoms with van der Waals surface area (Å²) in [5.74, 6) is 0. The topological polar surface area (TPSA) is 9.23 Å². The van der Waals surface area contributed by atoms with Gasteiger partial charge in [-0.3, -0.25) is 0 Å². The van der Waals surface area contributed by atoms with Crippen molar-refractivity contribution >= 4 is 0 Å². The fraction of sp³-hybridized carbons (Fsp3) is 0.909. The Bertz CT molecular complexity index is 93.2. The largest absolute Gasteiger partial charge is 0.378 e. The molecule has 1 heterocycles. The van der Waals surface area contributed by atoms with Gasteiger partial charge in [-0.25, -0.2) is 0 Å². The lowest BCUT2D eigenvalue weighted by Gasteiger charge is -2.13. The molecule has 1 aliphatic rings. The number of hydrogen-bond donors (Lipinski definition) is 0. The Hall–Kier alpha value is -0.0400. The average Bonchev–Trinajstić information content (AvgIpc) is 2.33. The van der Waals surface area contributed by atoms with Crippen LogP contribution in [0.1, 0.15) is 51.9 Å². The Labute approximate surface area is 76.5 Å². The van der Waals surface area contributed by atoms with Crippen LogP contribution in [0.4, 0.5) is 0 Å². The molecule has 0 aromatic heterocycles. The van der Waals surface area contributed by atoms with Gasteiger partial charge >= 0.3 is 0 Å². The lowest BCUT2D eigenvalue weighted by molar-refractivity contribution is 0.0784. The van der Waals surface area contributed by atoms with E-state index in [1.165, 1.54) is 44.9 Å². The lowest BCUT2D eigenvalue weighted by Crippen LogP contribution is -2.11. The molecule has 0 N–H and O–H groups in total. The smallest absolute Gasteiger partial charge is 0.0606 e. The van der Waals surface area contributed by atoms with Crippen LogP contribution in [-0.4, -0.2) is 12.7 Å². The summed E-state index contributed by atoms with van der Waals surface area (Å²) >= 11 is 0. The molecular formula is C11H21O. The Morgan fingerprint density at radius 2 is 2.25 bits per heavy atom. The standard InChI is InChI=1S/C11H21O/c1-2-3-5-8-11-9-6-4-7-10-12-11/h8,11H,2-7,9-10H2,1H3. The molecule has 71 valence electrons. The quantitative estimate of drug-likeness (QED) is 0.586. The summed E-state index contributed by atoms with van der Waals surface area (Å²) in [4.78, 5) is 0. The predicted octanol–water partition coefficient (Wildman–Crippen LogP) is 3.34. The molecule has 1 heteroatoms. The second kappa shape index (κ2) is 6.47. The maximum absolute atomic E-state index is 5.69. The van der Waals surface area contributed by atoms with E-state index in [0.29, 0.717) is 6.10 Å². The molecule has 1 nitrogen and oxygen atoms in total. The minimum absolute atomic E-state index is 0.471. The fourth-order valence-corrected chi connectivity index (χ4v) is 1.64. The zero-order valence-electron chi connectivity index (χ0n) is 8.22. The Morgan fingerprint density at radius 3 is 3.08 bits per heavy atom. The summed E-state index contributed by atoms with van der Waals surface area (Å²) in [7, 11) is 0. The van der Waals surface area contributed by atoms with E-state index in [2.05, 4.69) is 13.3 Å². The van der Waals surface area contributed by atoms with Gasteiger partial charge in [-0.1, -0.05) is 32.6 Å². The van der Waals surface area contributed by atoms with Gasteiger partial charge in [0.25, 0.3) is 0 Å². The fourth-order valence-electron chi connectivity index (χ4n) is 1.64. The minimum atomic E-state index is 0.471. The highest BCUT2D eigenvalue weighted by Gasteiger charge is 2.11. The highest BCUT2D eigenvalue weighted by Crippen LogP contribution is 2.17. The molecule has 1 saturated heterocycles. The number of ether oxygens (including phenoxy) is 1. The molecule has 0 aliphatic carbocycles. The van der Waals surface area contributed by atoms with E-state index in [1.54, 1.807) is 0 Å². The first-order valence-corrected chi connectivity index (χ1v) is 5.38. The molecule has 1 radical (unpaired) electrons. The van der Waals surface area contributed by atoms with Gasteiger partial charge in [-0.2, -0.15) is 0 Å². The molecule has 12 heavy (non-hydrogen) atoms. The van der Waals surface area contributed by atoms with Crippen molar-refractivity contribution in [2.45, 2.75) is 58.0 Å². The van der Waals surface area contributed by atoms with Crippen LogP contribution in [0.2, 0.25) is 0 Å². The first kappa shape index (κ1) is 10.0. The molecule has 1 fully saturated rings. The molecule has 0 amide bonds. The van der Waals surface area contributed by atoms with Crippen LogP contribution in [0.25, 0.3) is 0 Å². The van der Waals surface area contributed by atoms with Gasteiger partial charge in [0.1, 0.15) is 0 Å². The molecule has 0 saturated carbocycles. The highest BCUT2D eigenvalue weighted by atomic mass is 16.5. The average molecular weight is 169 g/mol. The minimum Gasteiger partial charge on any atom is -0.378 e. The number of hydrogen-bond acceptors (Lipinski definition) is 1. The second-order valence-electron chi connectivity index (χ2n) is 3.64. The maximum atomic E-state index is 5.69. The second-order valence-corrected chi connectivity index (χ2v) is 3.64. The van der Waals surface area contributed by atoms with Crippen LogP contribution in [0.15, 0.2) is 0 Å². The zero-order valence-corrected chi connectivity index (χ0v) is 8.22. The van der Waals surface area contributed by atoms with Crippen molar-refractivity contribution in [2.24, 2.45) is 0 Å². The van der Waals surface area contributed by atoms with Crippen molar-refractivity contribution in [2.75, 3.05) is 6.61 Å². The van der Waals surface area contributed by atoms with Gasteiger partial charge in [-0.15, -0.1) is 0 Å². The summed E-state index contributed by atoms with van der Waals surface area (Å²) in [6.45, 7) is 3.22. The van der Waals surface area contributed by atoms with Crippen molar-refractivity contribution < 1.29 is 4.74 Å².